The van der Waals surface area contributed by atoms with Gasteiger partial charge in [0.15, 0.2) is 0 Å². The Bertz CT molecular complexity index is 1100. The average Bonchev–Trinajstić information content (AvgIpc) is 2.87. The van der Waals surface area contributed by atoms with E-state index in [-0.39, 0.29) is 29.2 Å². The van der Waals surface area contributed by atoms with Crippen molar-refractivity contribution in [3.8, 4) is 11.1 Å². The molecule has 2 aromatic rings. The van der Waals surface area contributed by atoms with Crippen LogP contribution in [0.2, 0.25) is 0 Å². The number of nitrogens with zero attached hydrogens (tertiary/aromatic N) is 3. The molecule has 3 heterocycles. The van der Waals surface area contributed by atoms with Crippen LogP contribution in [0.4, 0.5) is 5.82 Å². The molecule has 1 aliphatic heterocycles. The first kappa shape index (κ1) is 22.5. The lowest BCUT2D eigenvalue weighted by Crippen LogP contribution is -2.60. The van der Waals surface area contributed by atoms with Crippen LogP contribution in [0.1, 0.15) is 55.4 Å². The zero-order chi connectivity index (χ0) is 24.2. The third kappa shape index (κ3) is 4.07. The van der Waals surface area contributed by atoms with E-state index in [1.54, 1.807) is 12.3 Å². The summed E-state index contributed by atoms with van der Waals surface area (Å²) in [6.45, 7) is 1.67. The fourth-order valence-electron chi connectivity index (χ4n) is 7.37. The number of piperidine rings is 1. The second-order valence-corrected chi connectivity index (χ2v) is 11.2. The highest BCUT2D eigenvalue weighted by molar-refractivity contribution is 5.91. The van der Waals surface area contributed by atoms with Crippen molar-refractivity contribution in [3.05, 3.63) is 42.4 Å². The largest absolute Gasteiger partial charge is 0.393 e. The van der Waals surface area contributed by atoms with Crippen LogP contribution in [0.3, 0.4) is 0 Å². The number of hydrogen-bond acceptors (Lipinski definition) is 6. The molecule has 5 aliphatic rings. The summed E-state index contributed by atoms with van der Waals surface area (Å²) in [4.78, 5) is 35.8. The Hall–Kier alpha value is -3.00. The number of primary amides is 1. The maximum absolute atomic E-state index is 13.5. The molecule has 0 spiro atoms. The number of carbonyl (C=O) groups is 2. The third-order valence-corrected chi connectivity index (χ3v) is 8.88. The van der Waals surface area contributed by atoms with Gasteiger partial charge in [-0.25, -0.2) is 4.98 Å². The van der Waals surface area contributed by atoms with Crippen LogP contribution in [-0.4, -0.2) is 52.1 Å². The number of aliphatic hydroxyl groups excluding tert-OH is 1. The highest BCUT2D eigenvalue weighted by Gasteiger charge is 2.58. The van der Waals surface area contributed by atoms with Gasteiger partial charge in [-0.05, 0) is 80.9 Å². The molecule has 35 heavy (non-hydrogen) atoms. The van der Waals surface area contributed by atoms with Crippen molar-refractivity contribution in [2.24, 2.45) is 28.9 Å². The number of aliphatic hydroxyl groups is 1. The van der Waals surface area contributed by atoms with E-state index in [2.05, 4.69) is 20.2 Å². The van der Waals surface area contributed by atoms with Gasteiger partial charge < -0.3 is 21.1 Å². The molecule has 3 atom stereocenters. The molecule has 5 fully saturated rings. The molecule has 0 aromatic carbocycles. The standard InChI is InChI=1S/C27H33N5O3/c28-25(34)22-5-3-17(13-29-22)18-4-6-23(30-14-18)32-7-1-2-21(15-32)31-26(35)27-10-16-8-19(11-27)24(33)20(9-16)12-27/h3-6,13-14,16,19-21,24,33H,1-2,7-12,15H2,(H2,28,34)(H,31,35)/t16?,19?,20?,21-,24?,27?/m0/s1. The number of nitrogens with two attached hydrogens (primary N) is 1. The Morgan fingerprint density at radius 1 is 1.03 bits per heavy atom. The van der Waals surface area contributed by atoms with E-state index in [9.17, 15) is 14.7 Å². The molecule has 4 aliphatic carbocycles. The van der Waals surface area contributed by atoms with Gasteiger partial charge in [-0.3, -0.25) is 14.6 Å². The Balaban J connectivity index is 1.10. The Labute approximate surface area is 205 Å². The molecule has 8 nitrogen and oxygen atoms in total. The predicted octanol–water partition coefficient (Wildman–Crippen LogP) is 2.51. The number of carbonyl (C=O) groups excluding carboxylic acids is 2. The molecule has 4 N–H and O–H groups in total. The van der Waals surface area contributed by atoms with E-state index in [1.807, 2.05) is 24.4 Å². The van der Waals surface area contributed by atoms with E-state index < -0.39 is 5.91 Å². The zero-order valence-corrected chi connectivity index (χ0v) is 19.9. The number of nitrogens with one attached hydrogen (secondary N) is 1. The molecule has 0 radical (unpaired) electrons. The fraction of sp³-hybridized carbons (Fsp3) is 0.556. The van der Waals surface area contributed by atoms with Gasteiger partial charge in [0.1, 0.15) is 11.5 Å². The SMILES string of the molecule is NC(=O)c1ccc(-c2ccc(N3CCC[C@H](NC(=O)C45CC6CC(C4)C(O)C(C6)C5)C3)nc2)cn1. The molecular weight excluding hydrogens is 442 g/mol. The van der Waals surface area contributed by atoms with Gasteiger partial charge in [-0.1, -0.05) is 6.07 Å². The van der Waals surface area contributed by atoms with E-state index in [0.29, 0.717) is 17.8 Å². The molecule has 4 bridgehead atoms. The first-order valence-electron chi connectivity index (χ1n) is 12.9. The predicted molar refractivity (Wildman–Crippen MR) is 131 cm³/mol. The van der Waals surface area contributed by atoms with Crippen molar-refractivity contribution in [2.75, 3.05) is 18.0 Å². The molecule has 1 saturated heterocycles. The Morgan fingerprint density at radius 2 is 1.74 bits per heavy atom. The van der Waals surface area contributed by atoms with E-state index in [4.69, 9.17) is 5.73 Å². The first-order valence-corrected chi connectivity index (χ1v) is 12.9. The third-order valence-electron chi connectivity index (χ3n) is 8.88. The summed E-state index contributed by atoms with van der Waals surface area (Å²) in [6, 6.07) is 7.56. The Kier molecular flexibility index (Phi) is 5.51. The van der Waals surface area contributed by atoms with Crippen molar-refractivity contribution in [1.29, 1.82) is 0 Å². The maximum Gasteiger partial charge on any atom is 0.267 e. The van der Waals surface area contributed by atoms with Crippen LogP contribution in [0.15, 0.2) is 36.7 Å². The maximum atomic E-state index is 13.5. The summed E-state index contributed by atoms with van der Waals surface area (Å²) in [7, 11) is 0. The lowest BCUT2D eigenvalue weighted by atomic mass is 9.48. The van der Waals surface area contributed by atoms with Gasteiger partial charge in [0.05, 0.1) is 11.5 Å². The molecule has 2 unspecified atom stereocenters. The topological polar surface area (TPSA) is 121 Å². The van der Waals surface area contributed by atoms with Gasteiger partial charge >= 0.3 is 0 Å². The summed E-state index contributed by atoms with van der Waals surface area (Å²) in [5.74, 6) is 1.78. The Morgan fingerprint density at radius 3 is 2.37 bits per heavy atom. The number of aromatic nitrogens is 2. The van der Waals surface area contributed by atoms with Crippen molar-refractivity contribution < 1.29 is 14.7 Å². The van der Waals surface area contributed by atoms with Crippen LogP contribution in [0, 0.1) is 23.2 Å². The number of pyridine rings is 2. The molecular formula is C27H33N5O3. The second-order valence-electron chi connectivity index (χ2n) is 11.2. The zero-order valence-electron chi connectivity index (χ0n) is 19.9. The van der Waals surface area contributed by atoms with Crippen molar-refractivity contribution in [1.82, 2.24) is 15.3 Å². The van der Waals surface area contributed by atoms with Crippen LogP contribution in [0.5, 0.6) is 0 Å². The summed E-state index contributed by atoms with van der Waals surface area (Å²) in [5, 5.41) is 14.0. The smallest absolute Gasteiger partial charge is 0.267 e. The minimum Gasteiger partial charge on any atom is -0.393 e. The van der Waals surface area contributed by atoms with Crippen LogP contribution >= 0.6 is 0 Å². The minimum absolute atomic E-state index is 0.112. The normalized spacial score (nSPS) is 33.5. The molecule has 184 valence electrons. The molecule has 4 saturated carbocycles. The fourth-order valence-corrected chi connectivity index (χ4v) is 7.37. The second kappa shape index (κ2) is 8.59. The van der Waals surface area contributed by atoms with Crippen LogP contribution < -0.4 is 16.0 Å². The van der Waals surface area contributed by atoms with Crippen LogP contribution in [-0.2, 0) is 4.79 Å². The van der Waals surface area contributed by atoms with Gasteiger partial charge in [0.2, 0.25) is 5.91 Å². The number of hydrogen-bond donors (Lipinski definition) is 3. The van der Waals surface area contributed by atoms with Gasteiger partial charge in [-0.2, -0.15) is 0 Å². The average molecular weight is 476 g/mol. The van der Waals surface area contributed by atoms with Crippen molar-refractivity contribution >= 4 is 17.6 Å². The summed E-state index contributed by atoms with van der Waals surface area (Å²) < 4.78 is 0. The quantitative estimate of drug-likeness (QED) is 0.611. The highest BCUT2D eigenvalue weighted by Crippen LogP contribution is 2.60. The molecule has 2 amide bonds. The summed E-state index contributed by atoms with van der Waals surface area (Å²) in [5.41, 5.74) is 7.04. The van der Waals surface area contributed by atoms with E-state index in [1.165, 1.54) is 0 Å². The van der Waals surface area contributed by atoms with Gasteiger partial charge in [-0.15, -0.1) is 0 Å². The molecule has 2 aromatic heterocycles. The molecule has 7 rings (SSSR count). The lowest BCUT2D eigenvalue weighted by molar-refractivity contribution is -0.163. The number of amides is 2. The van der Waals surface area contributed by atoms with Crippen molar-refractivity contribution in [2.45, 2.75) is 57.1 Å². The minimum atomic E-state index is -0.544. The van der Waals surface area contributed by atoms with E-state index >= 15 is 0 Å². The van der Waals surface area contributed by atoms with Crippen LogP contribution in [0.25, 0.3) is 11.1 Å². The monoisotopic (exact) mass is 475 g/mol. The van der Waals surface area contributed by atoms with Crippen molar-refractivity contribution in [3.63, 3.8) is 0 Å². The highest BCUT2D eigenvalue weighted by atomic mass is 16.3. The van der Waals surface area contributed by atoms with E-state index in [0.717, 1.165) is 75.0 Å². The first-order chi connectivity index (χ1) is 16.9. The summed E-state index contributed by atoms with van der Waals surface area (Å²) >= 11 is 0. The number of rotatable bonds is 5. The summed E-state index contributed by atoms with van der Waals surface area (Å²) in [6.07, 6.45) is 10.1. The molecule has 8 heteroatoms. The van der Waals surface area contributed by atoms with Gasteiger partial charge in [0.25, 0.3) is 5.91 Å². The lowest BCUT2D eigenvalue weighted by Gasteiger charge is -2.58. The van der Waals surface area contributed by atoms with Gasteiger partial charge in [0, 0.05) is 42.7 Å². The number of anilines is 1.